The lowest BCUT2D eigenvalue weighted by Gasteiger charge is -2.04. The topological polar surface area (TPSA) is 67.6 Å². The van der Waals surface area contributed by atoms with Crippen molar-refractivity contribution in [3.63, 3.8) is 0 Å². The van der Waals surface area contributed by atoms with E-state index in [0.29, 0.717) is 11.8 Å². The molecule has 18 heavy (non-hydrogen) atoms. The van der Waals surface area contributed by atoms with Crippen molar-refractivity contribution in [3.05, 3.63) is 30.1 Å². The maximum Gasteiger partial charge on any atom is 0.181 e. The summed E-state index contributed by atoms with van der Waals surface area (Å²) in [5.41, 5.74) is 6.51. The number of aromatic amines is 1. The molecular weight excluding hydrogens is 244 g/mol. The van der Waals surface area contributed by atoms with Gasteiger partial charge in [0.2, 0.25) is 0 Å². The maximum absolute atomic E-state index is 5.48. The second kappa shape index (κ2) is 6.02. The van der Waals surface area contributed by atoms with Crippen molar-refractivity contribution >= 4 is 11.8 Å². The molecule has 2 aromatic rings. The van der Waals surface area contributed by atoms with E-state index in [1.807, 2.05) is 11.8 Å². The van der Waals surface area contributed by atoms with Crippen molar-refractivity contribution in [1.82, 2.24) is 15.2 Å². The van der Waals surface area contributed by atoms with Crippen molar-refractivity contribution in [2.45, 2.75) is 30.4 Å². The van der Waals surface area contributed by atoms with Gasteiger partial charge in [0.1, 0.15) is 5.82 Å². The quantitative estimate of drug-likeness (QED) is 0.812. The molecule has 0 bridgehead atoms. The summed E-state index contributed by atoms with van der Waals surface area (Å²) in [6.07, 6.45) is 0.730. The first-order chi connectivity index (χ1) is 8.69. The predicted octanol–water partition coefficient (Wildman–Crippen LogP) is 2.47. The molecule has 0 unspecified atom stereocenters. The largest absolute Gasteiger partial charge is 0.330 e. The van der Waals surface area contributed by atoms with E-state index in [9.17, 15) is 0 Å². The van der Waals surface area contributed by atoms with E-state index in [1.54, 1.807) is 0 Å². The van der Waals surface area contributed by atoms with E-state index >= 15 is 0 Å². The van der Waals surface area contributed by atoms with Crippen molar-refractivity contribution in [2.75, 3.05) is 6.54 Å². The fourth-order valence-corrected chi connectivity index (χ4v) is 2.47. The zero-order valence-corrected chi connectivity index (χ0v) is 11.5. The Balaban J connectivity index is 2.12. The van der Waals surface area contributed by atoms with Crippen molar-refractivity contribution < 1.29 is 0 Å². The van der Waals surface area contributed by atoms with Crippen LogP contribution in [-0.2, 0) is 6.42 Å². The van der Waals surface area contributed by atoms with Gasteiger partial charge in [0.25, 0.3) is 0 Å². The average Bonchev–Trinajstić information content (AvgIpc) is 2.78. The smallest absolute Gasteiger partial charge is 0.181 e. The lowest BCUT2D eigenvalue weighted by atomic mass is 10.2. The molecule has 0 aliphatic heterocycles. The molecule has 0 amide bonds. The summed E-state index contributed by atoms with van der Waals surface area (Å²) in [6, 6.07) is 8.33. The Morgan fingerprint density at radius 2 is 2.00 bits per heavy atom. The van der Waals surface area contributed by atoms with E-state index in [-0.39, 0.29) is 0 Å². The molecule has 0 aliphatic carbocycles. The Bertz CT molecular complexity index is 490. The first kappa shape index (κ1) is 13.1. The van der Waals surface area contributed by atoms with Crippen LogP contribution in [-0.4, -0.2) is 27.0 Å². The van der Waals surface area contributed by atoms with Gasteiger partial charge < -0.3 is 5.73 Å². The maximum atomic E-state index is 5.48. The van der Waals surface area contributed by atoms with Crippen LogP contribution in [0.4, 0.5) is 0 Å². The number of rotatable bonds is 5. The SMILES string of the molecule is CC(C)Sc1ccc(-c2n[nH]c(CCN)n2)cc1. The molecule has 0 fully saturated rings. The zero-order valence-electron chi connectivity index (χ0n) is 10.7. The summed E-state index contributed by atoms with van der Waals surface area (Å²) in [5.74, 6) is 1.58. The fourth-order valence-electron chi connectivity index (χ4n) is 1.63. The molecule has 96 valence electrons. The second-order valence-electron chi connectivity index (χ2n) is 4.34. The summed E-state index contributed by atoms with van der Waals surface area (Å²) in [7, 11) is 0. The van der Waals surface area contributed by atoms with E-state index < -0.39 is 0 Å². The second-order valence-corrected chi connectivity index (χ2v) is 5.99. The third kappa shape index (κ3) is 3.34. The first-order valence-corrected chi connectivity index (χ1v) is 6.95. The Morgan fingerprint density at radius 3 is 2.61 bits per heavy atom. The Kier molecular flexibility index (Phi) is 4.38. The van der Waals surface area contributed by atoms with Crippen LogP contribution < -0.4 is 5.73 Å². The molecule has 4 nitrogen and oxygen atoms in total. The number of nitrogens with one attached hydrogen (secondary N) is 1. The molecule has 0 saturated carbocycles. The molecule has 1 heterocycles. The van der Waals surface area contributed by atoms with Crippen LogP contribution in [0.15, 0.2) is 29.2 Å². The lowest BCUT2D eigenvalue weighted by molar-refractivity contribution is 0.874. The summed E-state index contributed by atoms with van der Waals surface area (Å²) in [6.45, 7) is 4.96. The number of nitrogens with two attached hydrogens (primary N) is 1. The molecule has 0 spiro atoms. The number of H-pyrrole nitrogens is 1. The number of aromatic nitrogens is 3. The minimum atomic E-state index is 0.582. The zero-order chi connectivity index (χ0) is 13.0. The summed E-state index contributed by atoms with van der Waals surface area (Å²) in [5, 5.41) is 7.70. The van der Waals surface area contributed by atoms with E-state index in [0.717, 1.165) is 23.6 Å². The van der Waals surface area contributed by atoms with Crippen molar-refractivity contribution in [3.8, 4) is 11.4 Å². The van der Waals surface area contributed by atoms with Crippen LogP contribution in [0, 0.1) is 0 Å². The molecule has 1 aromatic heterocycles. The molecule has 0 atom stereocenters. The highest BCUT2D eigenvalue weighted by Gasteiger charge is 2.06. The highest BCUT2D eigenvalue weighted by Crippen LogP contribution is 2.25. The van der Waals surface area contributed by atoms with Gasteiger partial charge in [-0.25, -0.2) is 4.98 Å². The number of benzene rings is 1. The average molecular weight is 262 g/mol. The van der Waals surface area contributed by atoms with Crippen molar-refractivity contribution in [2.24, 2.45) is 5.73 Å². The summed E-state index contributed by atoms with van der Waals surface area (Å²) < 4.78 is 0. The molecule has 0 saturated heterocycles. The van der Waals surface area contributed by atoms with Crippen LogP contribution in [0.5, 0.6) is 0 Å². The molecule has 2 rings (SSSR count). The van der Waals surface area contributed by atoms with Gasteiger partial charge >= 0.3 is 0 Å². The summed E-state index contributed by atoms with van der Waals surface area (Å²) in [4.78, 5) is 5.68. The number of nitrogens with zero attached hydrogens (tertiary/aromatic N) is 2. The van der Waals surface area contributed by atoms with Crippen LogP contribution in [0.25, 0.3) is 11.4 Å². The van der Waals surface area contributed by atoms with Gasteiger partial charge in [-0.3, -0.25) is 5.10 Å². The third-order valence-electron chi connectivity index (χ3n) is 2.40. The van der Waals surface area contributed by atoms with Crippen LogP contribution in [0.2, 0.25) is 0 Å². The Hall–Kier alpha value is -1.33. The van der Waals surface area contributed by atoms with Crippen molar-refractivity contribution in [1.29, 1.82) is 0 Å². The monoisotopic (exact) mass is 262 g/mol. The van der Waals surface area contributed by atoms with Gasteiger partial charge in [-0.05, 0) is 18.7 Å². The molecule has 0 radical (unpaired) electrons. The Morgan fingerprint density at radius 1 is 1.28 bits per heavy atom. The highest BCUT2D eigenvalue weighted by atomic mass is 32.2. The normalized spacial score (nSPS) is 11.1. The predicted molar refractivity (Wildman–Crippen MR) is 75.6 cm³/mol. The lowest BCUT2D eigenvalue weighted by Crippen LogP contribution is -2.03. The summed E-state index contributed by atoms with van der Waals surface area (Å²) >= 11 is 1.85. The first-order valence-electron chi connectivity index (χ1n) is 6.07. The molecule has 0 aliphatic rings. The van der Waals surface area contributed by atoms with Gasteiger partial charge in [-0.2, -0.15) is 5.10 Å². The van der Waals surface area contributed by atoms with E-state index in [2.05, 4.69) is 53.3 Å². The van der Waals surface area contributed by atoms with Gasteiger partial charge in [-0.15, -0.1) is 11.8 Å². The number of hydrogen-bond acceptors (Lipinski definition) is 4. The minimum Gasteiger partial charge on any atom is -0.330 e. The molecule has 3 N–H and O–H groups in total. The molecule has 1 aromatic carbocycles. The van der Waals surface area contributed by atoms with Gasteiger partial charge in [0.05, 0.1) is 0 Å². The number of hydrogen-bond donors (Lipinski definition) is 2. The standard InChI is InChI=1S/C13H18N4S/c1-9(2)18-11-5-3-10(4-6-11)13-15-12(7-8-14)16-17-13/h3-6,9H,7-8,14H2,1-2H3,(H,15,16,17). The van der Waals surface area contributed by atoms with Crippen LogP contribution >= 0.6 is 11.8 Å². The Labute approximate surface area is 111 Å². The minimum absolute atomic E-state index is 0.582. The molecular formula is C13H18N4S. The van der Waals surface area contributed by atoms with Gasteiger partial charge in [0, 0.05) is 22.1 Å². The van der Waals surface area contributed by atoms with E-state index in [4.69, 9.17) is 5.73 Å². The van der Waals surface area contributed by atoms with Crippen LogP contribution in [0.3, 0.4) is 0 Å². The number of thioether (sulfide) groups is 1. The third-order valence-corrected chi connectivity index (χ3v) is 3.41. The van der Waals surface area contributed by atoms with Gasteiger partial charge in [0.15, 0.2) is 5.82 Å². The van der Waals surface area contributed by atoms with Crippen LogP contribution in [0.1, 0.15) is 19.7 Å². The fraction of sp³-hybridized carbons (Fsp3) is 0.385. The molecule has 5 heteroatoms. The van der Waals surface area contributed by atoms with Gasteiger partial charge in [-0.1, -0.05) is 26.0 Å². The van der Waals surface area contributed by atoms with E-state index in [1.165, 1.54) is 4.90 Å². The highest BCUT2D eigenvalue weighted by molar-refractivity contribution is 7.99.